The zero-order valence-electron chi connectivity index (χ0n) is 14.3. The minimum Gasteiger partial charge on any atom is -0.492 e. The Morgan fingerprint density at radius 1 is 1.36 bits per heavy atom. The van der Waals surface area contributed by atoms with Gasteiger partial charge in [0.05, 0.1) is 23.8 Å². The average molecular weight is 482 g/mol. The normalized spacial score (nSPS) is 11.0. The van der Waals surface area contributed by atoms with Crippen LogP contribution < -0.4 is 10.1 Å². The van der Waals surface area contributed by atoms with E-state index in [0.29, 0.717) is 25.7 Å². The lowest BCUT2D eigenvalue weighted by Gasteiger charge is -2.21. The predicted molar refractivity (Wildman–Crippen MR) is 107 cm³/mol. The second kappa shape index (κ2) is 10.5. The van der Waals surface area contributed by atoms with Crippen molar-refractivity contribution in [1.82, 2.24) is 15.2 Å². The molecule has 25 heavy (non-hydrogen) atoms. The Kier molecular flexibility index (Phi) is 9.04. The van der Waals surface area contributed by atoms with Gasteiger partial charge < -0.3 is 15.0 Å². The van der Waals surface area contributed by atoms with Gasteiger partial charge in [-0.1, -0.05) is 0 Å². The monoisotopic (exact) mass is 482 g/mol. The lowest BCUT2D eigenvalue weighted by molar-refractivity contribution is 0.316. The molecular weight excluding hydrogens is 461 g/mol. The van der Waals surface area contributed by atoms with Crippen LogP contribution in [-0.2, 0) is 6.54 Å². The van der Waals surface area contributed by atoms with Gasteiger partial charge in [-0.15, -0.1) is 35.3 Å². The zero-order valence-corrected chi connectivity index (χ0v) is 17.4. The van der Waals surface area contributed by atoms with Crippen LogP contribution in [0.1, 0.15) is 10.7 Å². The maximum atomic E-state index is 13.1. The summed E-state index contributed by atoms with van der Waals surface area (Å²) in [5.41, 5.74) is 0.987. The highest BCUT2D eigenvalue weighted by Crippen LogP contribution is 2.15. The summed E-state index contributed by atoms with van der Waals surface area (Å²) in [6, 6.07) is 3.46. The van der Waals surface area contributed by atoms with Gasteiger partial charge in [-0.2, -0.15) is 0 Å². The molecule has 138 valence electrons. The van der Waals surface area contributed by atoms with Gasteiger partial charge in [0.1, 0.15) is 12.4 Å². The van der Waals surface area contributed by atoms with Crippen molar-refractivity contribution in [2.75, 3.05) is 27.2 Å². The molecule has 0 aliphatic heterocycles. The third-order valence-electron chi connectivity index (χ3n) is 3.18. The number of thiazole rings is 1. The third kappa shape index (κ3) is 6.73. The summed E-state index contributed by atoms with van der Waals surface area (Å²) in [5, 5.41) is 6.20. The number of hydrogen-bond acceptors (Lipinski definition) is 4. The molecular formula is C16H21F2IN4OS. The van der Waals surface area contributed by atoms with Crippen LogP contribution in [0.25, 0.3) is 0 Å². The van der Waals surface area contributed by atoms with E-state index in [9.17, 15) is 8.78 Å². The largest absolute Gasteiger partial charge is 0.492 e. The van der Waals surface area contributed by atoms with Crippen molar-refractivity contribution in [3.63, 3.8) is 0 Å². The number of benzene rings is 1. The van der Waals surface area contributed by atoms with E-state index in [1.165, 1.54) is 6.07 Å². The number of halogens is 3. The zero-order chi connectivity index (χ0) is 17.5. The Balaban J connectivity index is 0.00000312. The fraction of sp³-hybridized carbons (Fsp3) is 0.375. The van der Waals surface area contributed by atoms with Crippen LogP contribution in [0, 0.1) is 18.6 Å². The molecule has 2 aromatic rings. The number of nitrogens with zero attached hydrogens (tertiary/aromatic N) is 3. The first-order valence-corrected chi connectivity index (χ1v) is 8.28. The molecule has 0 atom stereocenters. The molecule has 0 saturated heterocycles. The lowest BCUT2D eigenvalue weighted by Crippen LogP contribution is -2.40. The number of aryl methyl sites for hydroxylation is 1. The van der Waals surface area contributed by atoms with Crippen LogP contribution in [0.4, 0.5) is 8.78 Å². The Hall–Kier alpha value is -1.49. The van der Waals surface area contributed by atoms with Crippen molar-refractivity contribution in [3.05, 3.63) is 45.9 Å². The molecule has 0 bridgehead atoms. The fourth-order valence-corrected chi connectivity index (χ4v) is 2.69. The van der Waals surface area contributed by atoms with Crippen LogP contribution in [0.15, 0.2) is 28.6 Å². The Morgan fingerprint density at radius 3 is 2.72 bits per heavy atom. The number of rotatable bonds is 6. The van der Waals surface area contributed by atoms with Gasteiger partial charge in [-0.05, 0) is 19.1 Å². The average Bonchev–Trinajstić information content (AvgIpc) is 2.95. The van der Waals surface area contributed by atoms with E-state index in [1.807, 2.05) is 24.3 Å². The van der Waals surface area contributed by atoms with E-state index in [2.05, 4.69) is 15.3 Å². The number of ether oxygens (including phenoxy) is 1. The first-order valence-electron chi connectivity index (χ1n) is 7.40. The summed E-state index contributed by atoms with van der Waals surface area (Å²) < 4.78 is 31.3. The maximum Gasteiger partial charge on any atom is 0.193 e. The SMILES string of the molecule is CN=C(NCCOc1ccc(F)c(F)c1)N(C)Cc1csc(C)n1.I. The molecule has 0 aliphatic carbocycles. The van der Waals surface area contributed by atoms with Crippen LogP contribution >= 0.6 is 35.3 Å². The van der Waals surface area contributed by atoms with E-state index in [4.69, 9.17) is 4.74 Å². The van der Waals surface area contributed by atoms with Crippen LogP contribution in [0.3, 0.4) is 0 Å². The first-order chi connectivity index (χ1) is 11.5. The summed E-state index contributed by atoms with van der Waals surface area (Å²) in [7, 11) is 3.61. The standard InChI is InChI=1S/C16H20F2N4OS.HI/c1-11-21-12(10-24-11)9-22(3)16(19-2)20-6-7-23-13-4-5-14(17)15(18)8-13;/h4-5,8,10H,6-7,9H2,1-3H3,(H,19,20);1H. The Labute approximate surface area is 167 Å². The van der Waals surface area contributed by atoms with E-state index in [1.54, 1.807) is 18.4 Å². The smallest absolute Gasteiger partial charge is 0.193 e. The van der Waals surface area contributed by atoms with Crippen molar-refractivity contribution >= 4 is 41.3 Å². The molecule has 0 radical (unpaired) electrons. The summed E-state index contributed by atoms with van der Waals surface area (Å²) in [6.45, 7) is 3.39. The highest BCUT2D eigenvalue weighted by Gasteiger charge is 2.08. The van der Waals surface area contributed by atoms with Crippen molar-refractivity contribution in [1.29, 1.82) is 0 Å². The maximum absolute atomic E-state index is 13.1. The van der Waals surface area contributed by atoms with Gasteiger partial charge in [-0.25, -0.2) is 13.8 Å². The van der Waals surface area contributed by atoms with Gasteiger partial charge in [-0.3, -0.25) is 4.99 Å². The summed E-state index contributed by atoms with van der Waals surface area (Å²) in [4.78, 5) is 10.6. The molecule has 0 saturated carbocycles. The van der Waals surface area contributed by atoms with Gasteiger partial charge >= 0.3 is 0 Å². The minimum atomic E-state index is -0.922. The number of hydrogen-bond donors (Lipinski definition) is 1. The van der Waals surface area contributed by atoms with E-state index >= 15 is 0 Å². The number of guanidine groups is 1. The molecule has 2 rings (SSSR count). The topological polar surface area (TPSA) is 49.8 Å². The molecule has 1 aromatic carbocycles. The Bertz CT molecular complexity index is 711. The molecule has 5 nitrogen and oxygen atoms in total. The van der Waals surface area contributed by atoms with Gasteiger partial charge in [0.15, 0.2) is 17.6 Å². The van der Waals surface area contributed by atoms with Gasteiger partial charge in [0, 0.05) is 25.5 Å². The quantitative estimate of drug-likeness (QED) is 0.297. The molecule has 0 unspecified atom stereocenters. The van der Waals surface area contributed by atoms with Crippen LogP contribution in [0.5, 0.6) is 5.75 Å². The predicted octanol–water partition coefficient (Wildman–Crippen LogP) is 3.43. The molecule has 1 heterocycles. The van der Waals surface area contributed by atoms with Crippen molar-refractivity contribution in [3.8, 4) is 5.75 Å². The molecule has 0 amide bonds. The molecule has 1 N–H and O–H groups in total. The number of aliphatic imine (C=N–C) groups is 1. The lowest BCUT2D eigenvalue weighted by atomic mass is 10.3. The highest BCUT2D eigenvalue weighted by molar-refractivity contribution is 14.0. The van der Waals surface area contributed by atoms with Crippen LogP contribution in [-0.4, -0.2) is 43.1 Å². The molecule has 1 aromatic heterocycles. The van der Waals surface area contributed by atoms with Gasteiger partial charge in [0.25, 0.3) is 0 Å². The third-order valence-corrected chi connectivity index (χ3v) is 4.01. The number of nitrogens with one attached hydrogen (secondary N) is 1. The Morgan fingerprint density at radius 2 is 2.12 bits per heavy atom. The first kappa shape index (κ1) is 21.6. The highest BCUT2D eigenvalue weighted by atomic mass is 127. The number of aromatic nitrogens is 1. The van der Waals surface area contributed by atoms with E-state index < -0.39 is 11.6 Å². The van der Waals surface area contributed by atoms with Gasteiger partial charge in [0.2, 0.25) is 0 Å². The summed E-state index contributed by atoms with van der Waals surface area (Å²) in [5.74, 6) is -0.819. The van der Waals surface area contributed by atoms with E-state index in [-0.39, 0.29) is 29.7 Å². The fourth-order valence-electron chi connectivity index (χ4n) is 2.08. The molecule has 0 spiro atoms. The van der Waals surface area contributed by atoms with Crippen LogP contribution in [0.2, 0.25) is 0 Å². The molecule has 0 aliphatic rings. The molecule has 0 fully saturated rings. The van der Waals surface area contributed by atoms with Crippen molar-refractivity contribution in [2.24, 2.45) is 4.99 Å². The van der Waals surface area contributed by atoms with Crippen molar-refractivity contribution in [2.45, 2.75) is 13.5 Å². The minimum absolute atomic E-state index is 0. The second-order valence-corrected chi connectivity index (χ2v) is 6.17. The molecule has 9 heteroatoms. The van der Waals surface area contributed by atoms with Crippen molar-refractivity contribution < 1.29 is 13.5 Å². The summed E-state index contributed by atoms with van der Waals surface area (Å²) >= 11 is 1.61. The van der Waals surface area contributed by atoms with E-state index in [0.717, 1.165) is 22.8 Å². The second-order valence-electron chi connectivity index (χ2n) is 5.11. The summed E-state index contributed by atoms with van der Waals surface area (Å²) in [6.07, 6.45) is 0.